The van der Waals surface area contributed by atoms with Gasteiger partial charge in [-0.05, 0) is 72.4 Å². The number of ether oxygens (including phenoxy) is 2. The van der Waals surface area contributed by atoms with Crippen LogP contribution in [-0.4, -0.2) is 11.0 Å². The Labute approximate surface area is 243 Å². The van der Waals surface area contributed by atoms with E-state index in [1.54, 1.807) is 18.3 Å². The molecule has 0 bridgehead atoms. The van der Waals surface area contributed by atoms with Crippen LogP contribution in [0.15, 0.2) is 73.1 Å². The molecule has 1 N–H and O–H groups in total. The van der Waals surface area contributed by atoms with Gasteiger partial charge in [-0.3, -0.25) is 4.98 Å². The van der Waals surface area contributed by atoms with E-state index in [-0.39, 0.29) is 18.5 Å². The Bertz CT molecular complexity index is 1670. The van der Waals surface area contributed by atoms with Crippen molar-refractivity contribution in [2.75, 3.05) is 0 Å². The van der Waals surface area contributed by atoms with E-state index in [1.807, 2.05) is 36.4 Å². The van der Waals surface area contributed by atoms with E-state index in [2.05, 4.69) is 22.4 Å². The number of nitrogens with one attached hydrogen (secondary N) is 1. The topological polar surface area (TPSA) is 67.2 Å². The van der Waals surface area contributed by atoms with Gasteiger partial charge in [0.15, 0.2) is 0 Å². The van der Waals surface area contributed by atoms with E-state index in [1.165, 1.54) is 25.1 Å². The molecular formula is C34H29ClFN3O2. The third-order valence-electron chi connectivity index (χ3n) is 8.69. The zero-order valence-electron chi connectivity index (χ0n) is 22.4. The van der Waals surface area contributed by atoms with E-state index in [0.29, 0.717) is 40.2 Å². The van der Waals surface area contributed by atoms with Crippen LogP contribution in [0.4, 0.5) is 4.39 Å². The monoisotopic (exact) mass is 565 g/mol. The molecule has 3 aliphatic rings. The van der Waals surface area contributed by atoms with Crippen molar-refractivity contribution >= 4 is 11.6 Å². The fourth-order valence-electron chi connectivity index (χ4n) is 6.37. The van der Waals surface area contributed by atoms with Gasteiger partial charge in [0.1, 0.15) is 36.1 Å². The van der Waals surface area contributed by atoms with Gasteiger partial charge in [-0.1, -0.05) is 48.0 Å². The molecule has 4 atom stereocenters. The lowest BCUT2D eigenvalue weighted by atomic mass is 9.93. The largest absolute Gasteiger partial charge is 0.488 e. The second kappa shape index (κ2) is 10.8. The third-order valence-corrected chi connectivity index (χ3v) is 8.98. The molecule has 3 aliphatic carbocycles. The van der Waals surface area contributed by atoms with E-state index < -0.39 is 0 Å². The van der Waals surface area contributed by atoms with Gasteiger partial charge in [-0.2, -0.15) is 5.26 Å². The van der Waals surface area contributed by atoms with Crippen molar-refractivity contribution in [2.45, 2.75) is 51.0 Å². The molecule has 7 heteroatoms. The normalized spacial score (nSPS) is 21.8. The summed E-state index contributed by atoms with van der Waals surface area (Å²) < 4.78 is 27.5. The molecule has 0 spiro atoms. The summed E-state index contributed by atoms with van der Waals surface area (Å²) in [5.41, 5.74) is 5.94. The van der Waals surface area contributed by atoms with E-state index in [0.717, 1.165) is 52.5 Å². The van der Waals surface area contributed by atoms with Crippen LogP contribution in [0.1, 0.15) is 53.2 Å². The lowest BCUT2D eigenvalue weighted by molar-refractivity contribution is 0.206. The van der Waals surface area contributed by atoms with Gasteiger partial charge in [0.25, 0.3) is 0 Å². The van der Waals surface area contributed by atoms with Crippen molar-refractivity contribution in [3.8, 4) is 28.7 Å². The smallest absolute Gasteiger partial charge is 0.142 e. The second-order valence-electron chi connectivity index (χ2n) is 11.3. The van der Waals surface area contributed by atoms with Gasteiger partial charge >= 0.3 is 0 Å². The van der Waals surface area contributed by atoms with Crippen LogP contribution < -0.4 is 14.8 Å². The van der Waals surface area contributed by atoms with E-state index >= 15 is 0 Å². The number of fused-ring (bicyclic) bond motifs is 2. The highest BCUT2D eigenvalue weighted by molar-refractivity contribution is 6.32. The molecule has 7 rings (SSSR count). The van der Waals surface area contributed by atoms with Crippen LogP contribution in [0.25, 0.3) is 11.1 Å². The maximum atomic E-state index is 14.6. The van der Waals surface area contributed by atoms with Crippen LogP contribution in [-0.2, 0) is 19.6 Å². The highest BCUT2D eigenvalue weighted by Crippen LogP contribution is 2.55. The lowest BCUT2D eigenvalue weighted by Gasteiger charge is -2.27. The molecule has 206 valence electrons. The molecule has 5 nitrogen and oxygen atoms in total. The Morgan fingerprint density at radius 1 is 1.02 bits per heavy atom. The fraction of sp³-hybridized carbons (Fsp3) is 0.294. The highest BCUT2D eigenvalue weighted by Gasteiger charge is 2.52. The van der Waals surface area contributed by atoms with Crippen LogP contribution in [0.2, 0.25) is 5.02 Å². The summed E-state index contributed by atoms with van der Waals surface area (Å²) >= 11 is 6.81. The number of pyridine rings is 1. The van der Waals surface area contributed by atoms with E-state index in [4.69, 9.17) is 21.1 Å². The minimum Gasteiger partial charge on any atom is -0.488 e. The van der Waals surface area contributed by atoms with Gasteiger partial charge in [0, 0.05) is 47.7 Å². The van der Waals surface area contributed by atoms with Crippen molar-refractivity contribution in [3.05, 3.63) is 112 Å². The van der Waals surface area contributed by atoms with Crippen molar-refractivity contribution in [3.63, 3.8) is 0 Å². The fourth-order valence-corrected chi connectivity index (χ4v) is 6.60. The lowest BCUT2D eigenvalue weighted by Crippen LogP contribution is -2.37. The Morgan fingerprint density at radius 2 is 1.90 bits per heavy atom. The van der Waals surface area contributed by atoms with Crippen molar-refractivity contribution in [1.82, 2.24) is 10.3 Å². The highest BCUT2D eigenvalue weighted by atomic mass is 35.5. The molecule has 3 aromatic carbocycles. The van der Waals surface area contributed by atoms with Crippen LogP contribution >= 0.6 is 11.6 Å². The molecule has 2 fully saturated rings. The van der Waals surface area contributed by atoms with Crippen LogP contribution in [0.5, 0.6) is 11.5 Å². The minimum absolute atomic E-state index is 0.204. The zero-order chi connectivity index (χ0) is 27.9. The maximum absolute atomic E-state index is 14.6. The van der Waals surface area contributed by atoms with E-state index in [9.17, 15) is 9.65 Å². The quantitative estimate of drug-likeness (QED) is 0.227. The SMILES string of the molecule is N#Cc1cncc(COc2cc(O[C@H]3CCc4c(-c5ccccc5F)cccc43)c(Cl)cc2CNC2CC3CC32)c1. The number of halogens is 2. The first-order valence-electron chi connectivity index (χ1n) is 14.1. The standard InChI is InChI=1S/C34H29ClFN3O2/c35-29-12-23(18-39-31-13-22-11-28(22)31)33(40-19-21-10-20(15-37)16-38-17-21)14-34(29)41-32-9-8-25-24(5-3-6-27(25)32)26-4-1-2-7-30(26)36/h1-7,10,12,14,16-17,22,28,31-32,39H,8-9,11,13,18-19H2/t22?,28?,31?,32-/m0/s1. The second-order valence-corrected chi connectivity index (χ2v) is 11.7. The number of nitrogens with zero attached hydrogens (tertiary/aromatic N) is 2. The average molecular weight is 566 g/mol. The zero-order valence-corrected chi connectivity index (χ0v) is 23.2. The summed E-state index contributed by atoms with van der Waals surface area (Å²) in [5, 5.41) is 13.5. The molecule has 0 saturated heterocycles. The number of hydrogen-bond acceptors (Lipinski definition) is 5. The Balaban J connectivity index is 1.15. The summed E-state index contributed by atoms with van der Waals surface area (Å²) in [5.74, 6) is 2.73. The Kier molecular flexibility index (Phi) is 6.86. The molecule has 0 radical (unpaired) electrons. The summed E-state index contributed by atoms with van der Waals surface area (Å²) in [6.45, 7) is 0.918. The Morgan fingerprint density at radius 3 is 2.71 bits per heavy atom. The van der Waals surface area contributed by atoms with Crippen molar-refractivity contribution in [1.29, 1.82) is 5.26 Å². The van der Waals surface area contributed by atoms with Crippen molar-refractivity contribution in [2.24, 2.45) is 11.8 Å². The molecule has 41 heavy (non-hydrogen) atoms. The molecule has 1 heterocycles. The molecule has 1 aromatic heterocycles. The minimum atomic E-state index is -0.228. The average Bonchev–Trinajstić information content (AvgIpc) is 3.46. The van der Waals surface area contributed by atoms with Gasteiger partial charge in [-0.25, -0.2) is 4.39 Å². The van der Waals surface area contributed by atoms with Crippen molar-refractivity contribution < 1.29 is 13.9 Å². The number of rotatable bonds is 9. The number of aromatic nitrogens is 1. The molecule has 0 aliphatic heterocycles. The van der Waals surface area contributed by atoms with Crippen LogP contribution in [0.3, 0.4) is 0 Å². The first-order valence-corrected chi connectivity index (χ1v) is 14.5. The van der Waals surface area contributed by atoms with Crippen LogP contribution in [0, 0.1) is 29.0 Å². The summed E-state index contributed by atoms with van der Waals surface area (Å²) in [6.07, 6.45) is 7.16. The number of hydrogen-bond donors (Lipinski definition) is 1. The first-order chi connectivity index (χ1) is 20.1. The summed E-state index contributed by atoms with van der Waals surface area (Å²) in [7, 11) is 0. The maximum Gasteiger partial charge on any atom is 0.142 e. The summed E-state index contributed by atoms with van der Waals surface area (Å²) in [4.78, 5) is 4.15. The molecule has 2 saturated carbocycles. The van der Waals surface area contributed by atoms with Gasteiger partial charge in [-0.15, -0.1) is 0 Å². The molecule has 3 unspecified atom stereocenters. The molecular weight excluding hydrogens is 537 g/mol. The third kappa shape index (κ3) is 5.16. The van der Waals surface area contributed by atoms with Gasteiger partial charge in [0.05, 0.1) is 10.6 Å². The summed E-state index contributed by atoms with van der Waals surface area (Å²) in [6, 6.07) is 21.1. The number of nitriles is 1. The first kappa shape index (κ1) is 26.0. The molecule has 4 aromatic rings. The predicted octanol–water partition coefficient (Wildman–Crippen LogP) is 7.56. The van der Waals surface area contributed by atoms with Gasteiger partial charge in [0.2, 0.25) is 0 Å². The van der Waals surface area contributed by atoms with Gasteiger partial charge < -0.3 is 14.8 Å². The molecule has 0 amide bonds. The Hall–Kier alpha value is -3.92. The predicted molar refractivity (Wildman–Crippen MR) is 155 cm³/mol. The number of benzene rings is 3.